The number of halogens is 1. The van der Waals surface area contributed by atoms with E-state index in [1.54, 1.807) is 0 Å². The Labute approximate surface area is 109 Å². The lowest BCUT2D eigenvalue weighted by Crippen LogP contribution is -2.40. The molecule has 1 rings (SSSR count). The fraction of sp³-hybridized carbons (Fsp3) is 0.222. The van der Waals surface area contributed by atoms with Gasteiger partial charge in [0.15, 0.2) is 0 Å². The molecule has 0 saturated carbocycles. The van der Waals surface area contributed by atoms with Gasteiger partial charge in [0.05, 0.1) is 5.69 Å². The lowest BCUT2D eigenvalue weighted by Gasteiger charge is -2.11. The van der Waals surface area contributed by atoms with Gasteiger partial charge in [-0.1, -0.05) is 11.6 Å². The van der Waals surface area contributed by atoms with Crippen LogP contribution in [0.4, 0.5) is 5.69 Å². The number of hydrogen-bond acceptors (Lipinski definition) is 5. The molecule has 0 heterocycles. The smallest absolute Gasteiger partial charge is 0.247 e. The number of nitrogen functional groups attached to an aromatic ring is 1. The molecule has 1 aromatic carbocycles. The highest BCUT2D eigenvalue weighted by Crippen LogP contribution is 2.22. The monoisotopic (exact) mass is 293 g/mol. The van der Waals surface area contributed by atoms with E-state index in [9.17, 15) is 13.2 Å². The highest BCUT2D eigenvalue weighted by molar-refractivity contribution is 7.89. The van der Waals surface area contributed by atoms with Crippen LogP contribution in [0.5, 0.6) is 0 Å². The van der Waals surface area contributed by atoms with Crippen LogP contribution >= 0.6 is 11.6 Å². The molecule has 0 bridgehead atoms. The molecular formula is C9H12ClN3O4S. The number of nitrogens with two attached hydrogens (primary N) is 2. The standard InChI is InChI=1S/C9H12ClN3O4S/c10-5-1-2-8(6(11)3-5)18(16,17)13-4-7(14)9(12)15/h1-3,7,13-14H,4,11H2,(H2,12,15). The molecule has 1 amide bonds. The molecule has 0 saturated heterocycles. The molecule has 100 valence electrons. The molecule has 0 aromatic heterocycles. The summed E-state index contributed by atoms with van der Waals surface area (Å²) >= 11 is 5.64. The van der Waals surface area contributed by atoms with Crippen LogP contribution in [0, 0.1) is 0 Å². The van der Waals surface area contributed by atoms with Crippen molar-refractivity contribution in [1.82, 2.24) is 4.72 Å². The Bertz CT molecular complexity index is 561. The summed E-state index contributed by atoms with van der Waals surface area (Å²) in [4.78, 5) is 10.4. The number of aliphatic hydroxyl groups is 1. The van der Waals surface area contributed by atoms with Crippen LogP contribution in [0.25, 0.3) is 0 Å². The van der Waals surface area contributed by atoms with Gasteiger partial charge in [-0.05, 0) is 18.2 Å². The van der Waals surface area contributed by atoms with Gasteiger partial charge in [0.2, 0.25) is 15.9 Å². The zero-order chi connectivity index (χ0) is 13.9. The zero-order valence-corrected chi connectivity index (χ0v) is 10.7. The van der Waals surface area contributed by atoms with Gasteiger partial charge in [-0.3, -0.25) is 4.79 Å². The minimum absolute atomic E-state index is 0.0384. The third kappa shape index (κ3) is 3.57. The number of hydrogen-bond donors (Lipinski definition) is 4. The van der Waals surface area contributed by atoms with Crippen molar-refractivity contribution >= 4 is 33.2 Å². The third-order valence-corrected chi connectivity index (χ3v) is 3.79. The average Bonchev–Trinajstić information content (AvgIpc) is 2.25. The molecule has 7 nitrogen and oxygen atoms in total. The van der Waals surface area contributed by atoms with Gasteiger partial charge in [0.25, 0.3) is 0 Å². The topological polar surface area (TPSA) is 136 Å². The Balaban J connectivity index is 2.90. The first-order valence-corrected chi connectivity index (χ1v) is 6.62. The summed E-state index contributed by atoms with van der Waals surface area (Å²) in [6.45, 7) is -0.528. The molecule has 9 heteroatoms. The van der Waals surface area contributed by atoms with Crippen LogP contribution in [0.1, 0.15) is 0 Å². The van der Waals surface area contributed by atoms with Crippen molar-refractivity contribution in [2.24, 2.45) is 5.73 Å². The lowest BCUT2D eigenvalue weighted by atomic mass is 10.3. The maximum absolute atomic E-state index is 11.8. The van der Waals surface area contributed by atoms with E-state index < -0.39 is 28.6 Å². The number of benzene rings is 1. The summed E-state index contributed by atoms with van der Waals surface area (Å²) in [5.74, 6) is -1.03. The molecule has 1 aromatic rings. The van der Waals surface area contributed by atoms with Gasteiger partial charge in [-0.2, -0.15) is 0 Å². The molecule has 0 fully saturated rings. The van der Waals surface area contributed by atoms with Crippen molar-refractivity contribution in [3.8, 4) is 0 Å². The summed E-state index contributed by atoms with van der Waals surface area (Å²) in [6, 6.07) is 3.86. The van der Waals surface area contributed by atoms with Gasteiger partial charge in [-0.25, -0.2) is 13.1 Å². The van der Waals surface area contributed by atoms with Gasteiger partial charge in [0.1, 0.15) is 11.0 Å². The van der Waals surface area contributed by atoms with Crippen molar-refractivity contribution in [3.05, 3.63) is 23.2 Å². The number of sulfonamides is 1. The number of carbonyl (C=O) groups is 1. The van der Waals surface area contributed by atoms with Crippen molar-refractivity contribution in [2.45, 2.75) is 11.0 Å². The van der Waals surface area contributed by atoms with Crippen LogP contribution in [0.3, 0.4) is 0 Å². The largest absolute Gasteiger partial charge is 0.398 e. The van der Waals surface area contributed by atoms with E-state index in [-0.39, 0.29) is 10.6 Å². The third-order valence-electron chi connectivity index (χ3n) is 2.06. The Morgan fingerprint density at radius 2 is 2.11 bits per heavy atom. The molecule has 0 aliphatic heterocycles. The Hall–Kier alpha value is -1.35. The van der Waals surface area contributed by atoms with E-state index in [1.807, 2.05) is 4.72 Å². The summed E-state index contributed by atoms with van der Waals surface area (Å²) in [7, 11) is -3.94. The summed E-state index contributed by atoms with van der Waals surface area (Å²) < 4.78 is 25.6. The second kappa shape index (κ2) is 5.53. The summed E-state index contributed by atoms with van der Waals surface area (Å²) in [5, 5.41) is 9.39. The molecule has 1 unspecified atom stereocenters. The summed E-state index contributed by atoms with van der Waals surface area (Å²) in [6.07, 6.45) is -1.60. The minimum Gasteiger partial charge on any atom is -0.398 e. The molecule has 1 atom stereocenters. The van der Waals surface area contributed by atoms with Crippen LogP contribution < -0.4 is 16.2 Å². The van der Waals surface area contributed by atoms with E-state index in [0.717, 1.165) is 0 Å². The van der Waals surface area contributed by atoms with Gasteiger partial charge < -0.3 is 16.6 Å². The predicted molar refractivity (Wildman–Crippen MR) is 66.3 cm³/mol. The first kappa shape index (κ1) is 14.7. The first-order chi connectivity index (χ1) is 8.24. The Kier molecular flexibility index (Phi) is 4.52. The lowest BCUT2D eigenvalue weighted by molar-refractivity contribution is -0.125. The predicted octanol–water partition coefficient (Wildman–Crippen LogP) is -0.953. The molecule has 6 N–H and O–H groups in total. The fourth-order valence-electron chi connectivity index (χ4n) is 1.13. The number of primary amides is 1. The maximum Gasteiger partial charge on any atom is 0.247 e. The molecule has 0 spiro atoms. The van der Waals surface area contributed by atoms with Crippen molar-refractivity contribution in [3.63, 3.8) is 0 Å². The first-order valence-electron chi connectivity index (χ1n) is 4.76. The number of rotatable bonds is 5. The van der Waals surface area contributed by atoms with Crippen LogP contribution in [0.2, 0.25) is 5.02 Å². The highest BCUT2D eigenvalue weighted by Gasteiger charge is 2.20. The van der Waals surface area contributed by atoms with E-state index in [2.05, 4.69) is 0 Å². The summed E-state index contributed by atoms with van der Waals surface area (Å²) in [5.41, 5.74) is 10.3. The molecule has 0 aliphatic carbocycles. The van der Waals surface area contributed by atoms with Gasteiger partial charge >= 0.3 is 0 Å². The maximum atomic E-state index is 11.8. The molecule has 18 heavy (non-hydrogen) atoms. The normalized spacial score (nSPS) is 13.2. The molecule has 0 radical (unpaired) electrons. The second-order valence-corrected chi connectivity index (χ2v) is 5.62. The average molecular weight is 294 g/mol. The van der Waals surface area contributed by atoms with Crippen molar-refractivity contribution < 1.29 is 18.3 Å². The van der Waals surface area contributed by atoms with Gasteiger partial charge in [0, 0.05) is 11.6 Å². The number of nitrogens with one attached hydrogen (secondary N) is 1. The minimum atomic E-state index is -3.94. The van der Waals surface area contributed by atoms with Crippen molar-refractivity contribution in [1.29, 1.82) is 0 Å². The van der Waals surface area contributed by atoms with E-state index in [4.69, 9.17) is 28.2 Å². The second-order valence-electron chi connectivity index (χ2n) is 3.45. The van der Waals surface area contributed by atoms with Crippen molar-refractivity contribution in [2.75, 3.05) is 12.3 Å². The number of anilines is 1. The Morgan fingerprint density at radius 3 is 2.61 bits per heavy atom. The molecular weight excluding hydrogens is 282 g/mol. The van der Waals surface area contributed by atoms with E-state index >= 15 is 0 Å². The zero-order valence-electron chi connectivity index (χ0n) is 9.13. The quantitative estimate of drug-likeness (QED) is 0.519. The SMILES string of the molecule is NC(=O)C(O)CNS(=O)(=O)c1ccc(Cl)cc1N. The number of amides is 1. The van der Waals surface area contributed by atoms with Gasteiger partial charge in [-0.15, -0.1) is 0 Å². The number of carbonyl (C=O) groups excluding carboxylic acids is 1. The highest BCUT2D eigenvalue weighted by atomic mass is 35.5. The van der Waals surface area contributed by atoms with Crippen LogP contribution in [-0.2, 0) is 14.8 Å². The van der Waals surface area contributed by atoms with Crippen LogP contribution in [-0.4, -0.2) is 32.1 Å². The van der Waals surface area contributed by atoms with E-state index in [1.165, 1.54) is 18.2 Å². The fourth-order valence-corrected chi connectivity index (χ4v) is 2.46. The molecule has 0 aliphatic rings. The van der Waals surface area contributed by atoms with E-state index in [0.29, 0.717) is 5.02 Å². The van der Waals surface area contributed by atoms with Crippen LogP contribution in [0.15, 0.2) is 23.1 Å². The Morgan fingerprint density at radius 1 is 1.50 bits per heavy atom. The number of aliphatic hydroxyl groups excluding tert-OH is 1.